The van der Waals surface area contributed by atoms with Crippen LogP contribution in [0.4, 0.5) is 5.69 Å². The van der Waals surface area contributed by atoms with E-state index in [1.54, 1.807) is 30.5 Å². The van der Waals surface area contributed by atoms with Gasteiger partial charge in [0.15, 0.2) is 6.61 Å². The van der Waals surface area contributed by atoms with Crippen LogP contribution in [0.1, 0.15) is 28.8 Å². The van der Waals surface area contributed by atoms with Crippen molar-refractivity contribution in [1.82, 2.24) is 5.43 Å². The number of rotatable bonds is 7. The third-order valence-electron chi connectivity index (χ3n) is 4.44. The number of anilines is 1. The van der Waals surface area contributed by atoms with E-state index in [1.807, 2.05) is 24.3 Å². The first-order chi connectivity index (χ1) is 13.7. The lowest BCUT2D eigenvalue weighted by molar-refractivity contribution is -0.142. The van der Waals surface area contributed by atoms with Crippen LogP contribution in [0.2, 0.25) is 0 Å². The minimum absolute atomic E-state index is 0.142. The van der Waals surface area contributed by atoms with Crippen molar-refractivity contribution >= 4 is 23.8 Å². The molecular weight excluding hydrogens is 358 g/mol. The maximum Gasteiger partial charge on any atom is 0.343 e. The van der Waals surface area contributed by atoms with Gasteiger partial charge in [-0.3, -0.25) is 4.79 Å². The van der Waals surface area contributed by atoms with Gasteiger partial charge in [0.05, 0.1) is 13.3 Å². The molecule has 0 saturated carbocycles. The smallest absolute Gasteiger partial charge is 0.343 e. The summed E-state index contributed by atoms with van der Waals surface area (Å²) in [5.74, 6) is -0.159. The first-order valence-corrected chi connectivity index (χ1v) is 9.14. The molecule has 146 valence electrons. The molecule has 0 radical (unpaired) electrons. The van der Waals surface area contributed by atoms with Crippen molar-refractivity contribution in [3.05, 3.63) is 59.7 Å². The summed E-state index contributed by atoms with van der Waals surface area (Å²) < 4.78 is 9.78. The second kappa shape index (κ2) is 9.55. The third kappa shape index (κ3) is 5.33. The first-order valence-electron chi connectivity index (χ1n) is 9.14. The molecule has 0 aromatic heterocycles. The molecule has 2 aromatic rings. The maximum atomic E-state index is 12.2. The van der Waals surface area contributed by atoms with Crippen LogP contribution < -0.4 is 15.1 Å². The fourth-order valence-electron chi connectivity index (χ4n) is 2.88. The minimum Gasteiger partial charge on any atom is -0.482 e. The van der Waals surface area contributed by atoms with Gasteiger partial charge < -0.3 is 14.4 Å². The third-order valence-corrected chi connectivity index (χ3v) is 4.44. The number of methoxy groups -OCH3 is 1. The summed E-state index contributed by atoms with van der Waals surface area (Å²) in [5.41, 5.74) is 5.02. The molecule has 1 aliphatic rings. The summed E-state index contributed by atoms with van der Waals surface area (Å²) in [7, 11) is 1.31. The molecule has 1 heterocycles. The zero-order valence-corrected chi connectivity index (χ0v) is 15.8. The first kappa shape index (κ1) is 19.4. The summed E-state index contributed by atoms with van der Waals surface area (Å²) >= 11 is 0. The average Bonchev–Trinajstić information content (AvgIpc) is 3.28. The highest BCUT2D eigenvalue weighted by atomic mass is 16.6. The number of nitrogens with zero attached hydrogens (tertiary/aromatic N) is 2. The zero-order chi connectivity index (χ0) is 19.8. The second-order valence-corrected chi connectivity index (χ2v) is 6.37. The van der Waals surface area contributed by atoms with Crippen molar-refractivity contribution in [2.75, 3.05) is 31.7 Å². The number of carbonyl (C=O) groups is 2. The lowest BCUT2D eigenvalue weighted by atomic mass is 10.2. The number of carbonyl (C=O) groups excluding carboxylic acids is 2. The fraction of sp³-hybridized carbons (Fsp3) is 0.286. The number of hydrazone groups is 1. The molecule has 7 nitrogen and oxygen atoms in total. The Balaban J connectivity index is 1.49. The van der Waals surface area contributed by atoms with Gasteiger partial charge in [0, 0.05) is 24.3 Å². The molecule has 7 heteroatoms. The molecule has 0 bridgehead atoms. The van der Waals surface area contributed by atoms with Crippen LogP contribution in [-0.2, 0) is 9.53 Å². The summed E-state index contributed by atoms with van der Waals surface area (Å²) in [6, 6.07) is 14.5. The Labute approximate surface area is 163 Å². The van der Waals surface area contributed by atoms with E-state index in [-0.39, 0.29) is 12.5 Å². The molecule has 1 aliphatic heterocycles. The SMILES string of the molecule is COC(=O)COc1ccc(/C=N\NC(=O)c2ccc(N3CCCC3)cc2)cc1. The molecule has 1 fully saturated rings. The van der Waals surface area contributed by atoms with E-state index in [4.69, 9.17) is 4.74 Å². The predicted molar refractivity (Wildman–Crippen MR) is 107 cm³/mol. The molecule has 1 N–H and O–H groups in total. The predicted octanol–water partition coefficient (Wildman–Crippen LogP) is 2.60. The molecule has 1 amide bonds. The number of ether oxygens (including phenoxy) is 2. The zero-order valence-electron chi connectivity index (χ0n) is 15.8. The highest BCUT2D eigenvalue weighted by Crippen LogP contribution is 2.20. The molecular formula is C21H23N3O4. The molecule has 0 aliphatic carbocycles. The topological polar surface area (TPSA) is 80.2 Å². The Morgan fingerprint density at radius 1 is 1.07 bits per heavy atom. The Morgan fingerprint density at radius 3 is 2.39 bits per heavy atom. The Hall–Kier alpha value is -3.35. The van der Waals surface area contributed by atoms with Gasteiger partial charge in [-0.2, -0.15) is 5.10 Å². The van der Waals surface area contributed by atoms with Gasteiger partial charge in [-0.1, -0.05) is 0 Å². The van der Waals surface area contributed by atoms with Crippen molar-refractivity contribution in [2.24, 2.45) is 5.10 Å². The number of nitrogens with one attached hydrogen (secondary N) is 1. The van der Waals surface area contributed by atoms with Crippen molar-refractivity contribution in [3.63, 3.8) is 0 Å². The second-order valence-electron chi connectivity index (χ2n) is 6.37. The quantitative estimate of drug-likeness (QED) is 0.453. The monoisotopic (exact) mass is 381 g/mol. The summed E-state index contributed by atoms with van der Waals surface area (Å²) in [6.45, 7) is 2.00. The van der Waals surface area contributed by atoms with E-state index in [0.717, 1.165) is 24.3 Å². The van der Waals surface area contributed by atoms with Gasteiger partial charge in [0.1, 0.15) is 5.75 Å². The molecule has 0 atom stereocenters. The van der Waals surface area contributed by atoms with Crippen molar-refractivity contribution in [3.8, 4) is 5.75 Å². The van der Waals surface area contributed by atoms with E-state index in [9.17, 15) is 9.59 Å². The number of benzene rings is 2. The minimum atomic E-state index is -0.443. The van der Waals surface area contributed by atoms with Crippen LogP contribution in [0.25, 0.3) is 0 Å². The van der Waals surface area contributed by atoms with Gasteiger partial charge in [-0.25, -0.2) is 10.2 Å². The van der Waals surface area contributed by atoms with E-state index in [2.05, 4.69) is 20.2 Å². The summed E-state index contributed by atoms with van der Waals surface area (Å²) in [6.07, 6.45) is 3.98. The standard InChI is InChI=1S/C21H23N3O4/c1-27-20(25)15-28-19-10-4-16(5-11-19)14-22-23-21(26)17-6-8-18(9-7-17)24-12-2-3-13-24/h4-11,14H,2-3,12-13,15H2,1H3,(H,23,26)/b22-14-. The highest BCUT2D eigenvalue weighted by molar-refractivity contribution is 5.95. The molecule has 1 saturated heterocycles. The van der Waals surface area contributed by atoms with Gasteiger partial charge in [-0.05, 0) is 66.9 Å². The summed E-state index contributed by atoms with van der Waals surface area (Å²) in [4.78, 5) is 25.6. The molecule has 2 aromatic carbocycles. The van der Waals surface area contributed by atoms with Crippen molar-refractivity contribution in [1.29, 1.82) is 0 Å². The van der Waals surface area contributed by atoms with E-state index in [0.29, 0.717) is 11.3 Å². The van der Waals surface area contributed by atoms with Crippen LogP contribution >= 0.6 is 0 Å². The Morgan fingerprint density at radius 2 is 1.75 bits per heavy atom. The Kier molecular flexibility index (Phi) is 6.62. The van der Waals surface area contributed by atoms with Crippen molar-refractivity contribution < 1.29 is 19.1 Å². The van der Waals surface area contributed by atoms with Gasteiger partial charge in [-0.15, -0.1) is 0 Å². The number of amides is 1. The molecule has 0 spiro atoms. The lowest BCUT2D eigenvalue weighted by Crippen LogP contribution is -2.19. The van der Waals surface area contributed by atoms with Gasteiger partial charge in [0.25, 0.3) is 5.91 Å². The molecule has 28 heavy (non-hydrogen) atoms. The van der Waals surface area contributed by atoms with Crippen molar-refractivity contribution in [2.45, 2.75) is 12.8 Å². The largest absolute Gasteiger partial charge is 0.482 e. The van der Waals surface area contributed by atoms with Crippen LogP contribution in [0.15, 0.2) is 53.6 Å². The van der Waals surface area contributed by atoms with E-state index >= 15 is 0 Å². The van der Waals surface area contributed by atoms with Crippen LogP contribution in [0.3, 0.4) is 0 Å². The van der Waals surface area contributed by atoms with Crippen LogP contribution in [0.5, 0.6) is 5.75 Å². The number of hydrogen-bond donors (Lipinski definition) is 1. The number of esters is 1. The maximum absolute atomic E-state index is 12.2. The summed E-state index contributed by atoms with van der Waals surface area (Å²) in [5, 5.41) is 3.99. The average molecular weight is 381 g/mol. The van der Waals surface area contributed by atoms with Crippen LogP contribution in [-0.4, -0.2) is 44.9 Å². The molecule has 0 unspecified atom stereocenters. The molecule has 3 rings (SSSR count). The van der Waals surface area contributed by atoms with E-state index in [1.165, 1.54) is 20.0 Å². The number of hydrogen-bond acceptors (Lipinski definition) is 6. The lowest BCUT2D eigenvalue weighted by Gasteiger charge is -2.17. The van der Waals surface area contributed by atoms with Crippen LogP contribution in [0, 0.1) is 0 Å². The van der Waals surface area contributed by atoms with E-state index < -0.39 is 5.97 Å². The van der Waals surface area contributed by atoms with Gasteiger partial charge in [0.2, 0.25) is 0 Å². The van der Waals surface area contributed by atoms with Gasteiger partial charge >= 0.3 is 5.97 Å². The Bertz CT molecular complexity index is 826. The fourth-order valence-corrected chi connectivity index (χ4v) is 2.88. The normalized spacial score (nSPS) is 13.5. The highest BCUT2D eigenvalue weighted by Gasteiger charge is 2.12.